The summed E-state index contributed by atoms with van der Waals surface area (Å²) in [7, 11) is 1.74. The number of ether oxygens (including phenoxy) is 2. The Kier molecular flexibility index (Phi) is 11.4. The molecule has 0 spiro atoms. The van der Waals surface area contributed by atoms with E-state index < -0.39 is 0 Å². The van der Waals surface area contributed by atoms with E-state index in [9.17, 15) is 4.79 Å². The fourth-order valence-electron chi connectivity index (χ4n) is 3.11. The number of hydrogen-bond acceptors (Lipinski definition) is 5. The first-order chi connectivity index (χ1) is 14.7. The van der Waals surface area contributed by atoms with Gasteiger partial charge in [0.25, 0.3) is 5.91 Å². The maximum absolute atomic E-state index is 12.1. The summed E-state index contributed by atoms with van der Waals surface area (Å²) in [5, 5.41) is 9.40. The van der Waals surface area contributed by atoms with Gasteiger partial charge in [0.1, 0.15) is 0 Å². The SMILES string of the molecule is CN=C(NCCCOCC1CCOC1)NCc1cccc(NC(=O)c2ccco2)c1.I. The smallest absolute Gasteiger partial charge is 0.291 e. The second-order valence-electron chi connectivity index (χ2n) is 7.14. The normalized spacial score (nSPS) is 15.9. The van der Waals surface area contributed by atoms with E-state index in [0.717, 1.165) is 57.3 Å². The lowest BCUT2D eigenvalue weighted by Gasteiger charge is -2.13. The highest BCUT2D eigenvalue weighted by Gasteiger charge is 2.15. The summed E-state index contributed by atoms with van der Waals surface area (Å²) in [5.74, 6) is 1.28. The number of nitrogens with one attached hydrogen (secondary N) is 3. The standard InChI is InChI=1S/C22H30N4O4.HI/c1-23-22(24-9-4-10-28-15-18-8-12-29-16-18)25-14-17-5-2-6-19(13-17)26-21(27)20-7-3-11-30-20;/h2-3,5-7,11,13,18H,4,8-10,12,14-16H2,1H3,(H,26,27)(H2,23,24,25);1H. The van der Waals surface area contributed by atoms with Crippen LogP contribution >= 0.6 is 24.0 Å². The van der Waals surface area contributed by atoms with Crippen LogP contribution in [0.1, 0.15) is 29.0 Å². The van der Waals surface area contributed by atoms with Crippen LogP contribution in [0, 0.1) is 5.92 Å². The average Bonchev–Trinajstić information content (AvgIpc) is 3.47. The van der Waals surface area contributed by atoms with Gasteiger partial charge in [-0.05, 0) is 42.7 Å². The Morgan fingerprint density at radius 1 is 1.26 bits per heavy atom. The number of carbonyl (C=O) groups is 1. The van der Waals surface area contributed by atoms with Crippen molar-refractivity contribution in [2.24, 2.45) is 10.9 Å². The summed E-state index contributed by atoms with van der Waals surface area (Å²) < 4.78 is 16.2. The van der Waals surface area contributed by atoms with Gasteiger partial charge < -0.3 is 29.8 Å². The van der Waals surface area contributed by atoms with Crippen molar-refractivity contribution in [2.75, 3.05) is 45.3 Å². The van der Waals surface area contributed by atoms with Crippen LogP contribution in [0.25, 0.3) is 0 Å². The largest absolute Gasteiger partial charge is 0.459 e. The van der Waals surface area contributed by atoms with Gasteiger partial charge in [-0.1, -0.05) is 12.1 Å². The van der Waals surface area contributed by atoms with Crippen LogP contribution in [0.5, 0.6) is 0 Å². The minimum Gasteiger partial charge on any atom is -0.459 e. The van der Waals surface area contributed by atoms with Gasteiger partial charge in [0.05, 0.1) is 19.5 Å². The van der Waals surface area contributed by atoms with Crippen molar-refractivity contribution in [2.45, 2.75) is 19.4 Å². The summed E-state index contributed by atoms with van der Waals surface area (Å²) in [4.78, 5) is 16.3. The molecule has 2 aromatic rings. The van der Waals surface area contributed by atoms with Crippen molar-refractivity contribution in [3.8, 4) is 0 Å². The van der Waals surface area contributed by atoms with E-state index in [0.29, 0.717) is 18.2 Å². The highest BCUT2D eigenvalue weighted by molar-refractivity contribution is 14.0. The predicted octanol–water partition coefficient (Wildman–Crippen LogP) is 3.26. The quantitative estimate of drug-likeness (QED) is 0.185. The molecule has 2 heterocycles. The second-order valence-corrected chi connectivity index (χ2v) is 7.14. The molecule has 1 saturated heterocycles. The summed E-state index contributed by atoms with van der Waals surface area (Å²) >= 11 is 0. The summed E-state index contributed by atoms with van der Waals surface area (Å²) in [6, 6.07) is 11.0. The Hall–Kier alpha value is -2.11. The van der Waals surface area contributed by atoms with Gasteiger partial charge in [-0.15, -0.1) is 24.0 Å². The van der Waals surface area contributed by atoms with E-state index in [4.69, 9.17) is 13.9 Å². The number of aliphatic imine (C=N–C) groups is 1. The first-order valence-corrected chi connectivity index (χ1v) is 10.3. The molecule has 1 unspecified atom stereocenters. The van der Waals surface area contributed by atoms with Crippen molar-refractivity contribution < 1.29 is 18.7 Å². The van der Waals surface area contributed by atoms with Crippen molar-refractivity contribution in [3.63, 3.8) is 0 Å². The van der Waals surface area contributed by atoms with E-state index >= 15 is 0 Å². The van der Waals surface area contributed by atoms with Crippen LogP contribution in [0.3, 0.4) is 0 Å². The molecule has 1 atom stereocenters. The molecule has 1 aromatic heterocycles. The number of anilines is 1. The number of guanidine groups is 1. The van der Waals surface area contributed by atoms with Gasteiger partial charge in [-0.3, -0.25) is 9.79 Å². The summed E-state index contributed by atoms with van der Waals surface area (Å²) in [6.07, 6.45) is 3.48. The topological polar surface area (TPSA) is 97.1 Å². The number of hydrogen-bond donors (Lipinski definition) is 3. The zero-order valence-electron chi connectivity index (χ0n) is 17.8. The van der Waals surface area contributed by atoms with Crippen LogP contribution in [-0.2, 0) is 16.0 Å². The molecule has 0 radical (unpaired) electrons. The highest BCUT2D eigenvalue weighted by atomic mass is 127. The average molecular weight is 542 g/mol. The van der Waals surface area contributed by atoms with E-state index in [1.165, 1.54) is 6.26 Å². The predicted molar refractivity (Wildman–Crippen MR) is 131 cm³/mol. The molecular weight excluding hydrogens is 511 g/mol. The lowest BCUT2D eigenvalue weighted by atomic mass is 10.1. The van der Waals surface area contributed by atoms with E-state index in [2.05, 4.69) is 20.9 Å². The van der Waals surface area contributed by atoms with E-state index in [1.54, 1.807) is 19.2 Å². The number of furan rings is 1. The van der Waals surface area contributed by atoms with E-state index in [1.807, 2.05) is 24.3 Å². The molecule has 0 bridgehead atoms. The third-order valence-electron chi connectivity index (χ3n) is 4.75. The Morgan fingerprint density at radius 3 is 2.90 bits per heavy atom. The maximum atomic E-state index is 12.1. The molecule has 9 heteroatoms. The third kappa shape index (κ3) is 8.88. The fourth-order valence-corrected chi connectivity index (χ4v) is 3.11. The Morgan fingerprint density at radius 2 is 2.16 bits per heavy atom. The highest BCUT2D eigenvalue weighted by Crippen LogP contribution is 2.13. The Bertz CT molecular complexity index is 808. The third-order valence-corrected chi connectivity index (χ3v) is 4.75. The van der Waals surface area contributed by atoms with Gasteiger partial charge >= 0.3 is 0 Å². The molecule has 3 rings (SSSR count). The van der Waals surface area contributed by atoms with Gasteiger partial charge in [0, 0.05) is 45.0 Å². The van der Waals surface area contributed by atoms with Crippen molar-refractivity contribution >= 4 is 41.5 Å². The first-order valence-electron chi connectivity index (χ1n) is 10.3. The molecule has 3 N–H and O–H groups in total. The molecule has 170 valence electrons. The molecule has 0 saturated carbocycles. The van der Waals surface area contributed by atoms with E-state index in [-0.39, 0.29) is 35.6 Å². The number of benzene rings is 1. The molecular formula is C22H31IN4O4. The van der Waals surface area contributed by atoms with Crippen molar-refractivity contribution in [1.82, 2.24) is 10.6 Å². The number of carbonyl (C=O) groups excluding carboxylic acids is 1. The van der Waals surface area contributed by atoms with Crippen molar-refractivity contribution in [3.05, 3.63) is 54.0 Å². The van der Waals surface area contributed by atoms with Gasteiger partial charge in [0.15, 0.2) is 11.7 Å². The molecule has 8 nitrogen and oxygen atoms in total. The molecule has 1 fully saturated rings. The van der Waals surface area contributed by atoms with Crippen molar-refractivity contribution in [1.29, 1.82) is 0 Å². The molecule has 31 heavy (non-hydrogen) atoms. The number of nitrogens with zero attached hydrogens (tertiary/aromatic N) is 1. The van der Waals surface area contributed by atoms with Gasteiger partial charge in [-0.25, -0.2) is 0 Å². The van der Waals surface area contributed by atoms with Crippen LogP contribution in [0.2, 0.25) is 0 Å². The monoisotopic (exact) mass is 542 g/mol. The zero-order chi connectivity index (χ0) is 21.0. The number of halogens is 1. The minimum absolute atomic E-state index is 0. The number of rotatable bonds is 10. The Labute approximate surface area is 200 Å². The molecule has 1 aliphatic heterocycles. The lowest BCUT2D eigenvalue weighted by Crippen LogP contribution is -2.37. The molecule has 1 aliphatic rings. The summed E-state index contributed by atoms with van der Waals surface area (Å²) in [5.41, 5.74) is 1.74. The lowest BCUT2D eigenvalue weighted by molar-refractivity contribution is 0.0888. The zero-order valence-corrected chi connectivity index (χ0v) is 20.1. The fraction of sp³-hybridized carbons (Fsp3) is 0.455. The maximum Gasteiger partial charge on any atom is 0.291 e. The second kappa shape index (κ2) is 14.0. The van der Waals surface area contributed by atoms with Crippen LogP contribution in [0.4, 0.5) is 5.69 Å². The van der Waals surface area contributed by atoms with Crippen LogP contribution in [0.15, 0.2) is 52.1 Å². The van der Waals surface area contributed by atoms with Crippen LogP contribution in [-0.4, -0.2) is 51.9 Å². The molecule has 1 amide bonds. The van der Waals surface area contributed by atoms with Crippen LogP contribution < -0.4 is 16.0 Å². The van der Waals surface area contributed by atoms with Gasteiger partial charge in [0.2, 0.25) is 0 Å². The first kappa shape index (κ1) is 25.2. The minimum atomic E-state index is -0.273. The summed E-state index contributed by atoms with van der Waals surface area (Å²) in [6.45, 7) is 4.54. The Balaban J connectivity index is 0.00000341. The number of amides is 1. The molecule has 1 aromatic carbocycles. The molecule has 0 aliphatic carbocycles. The van der Waals surface area contributed by atoms with Gasteiger partial charge in [-0.2, -0.15) is 0 Å².